The third-order valence-electron chi connectivity index (χ3n) is 2.85. The number of halogens is 3. The lowest BCUT2D eigenvalue weighted by Gasteiger charge is -2.12. The van der Waals surface area contributed by atoms with Crippen LogP contribution in [-0.2, 0) is 0 Å². The van der Waals surface area contributed by atoms with Crippen molar-refractivity contribution in [1.29, 1.82) is 0 Å². The Labute approximate surface area is 109 Å². The van der Waals surface area contributed by atoms with Gasteiger partial charge in [0, 0.05) is 6.07 Å². The van der Waals surface area contributed by atoms with E-state index in [-0.39, 0.29) is 16.9 Å². The third kappa shape index (κ3) is 2.65. The Hall–Kier alpha value is -2.17. The van der Waals surface area contributed by atoms with Gasteiger partial charge in [-0.25, -0.2) is 13.2 Å². The topological polar surface area (TPSA) is 38.0 Å². The first-order chi connectivity index (χ1) is 8.88. The van der Waals surface area contributed by atoms with Crippen LogP contribution in [0.1, 0.15) is 11.1 Å². The van der Waals surface area contributed by atoms with Crippen molar-refractivity contribution in [2.45, 2.75) is 13.8 Å². The van der Waals surface area contributed by atoms with E-state index in [1.807, 2.05) is 0 Å². The van der Waals surface area contributed by atoms with Gasteiger partial charge in [-0.05, 0) is 43.2 Å². The van der Waals surface area contributed by atoms with Crippen LogP contribution in [0.15, 0.2) is 24.3 Å². The lowest BCUT2D eigenvalue weighted by molar-refractivity contribution is 0.595. The molecule has 0 aliphatic rings. The number of rotatable bonds is 2. The summed E-state index contributed by atoms with van der Waals surface area (Å²) in [5.74, 6) is -1.57. The Bertz CT molecular complexity index is 584. The number of hydrogen-bond acceptors (Lipinski definition) is 2. The Morgan fingerprint density at radius 3 is 2.05 bits per heavy atom. The fraction of sp³-hybridized carbons (Fsp3) is 0.143. The summed E-state index contributed by atoms with van der Waals surface area (Å²) in [6, 6.07) is 4.72. The van der Waals surface area contributed by atoms with Crippen LogP contribution in [0.3, 0.4) is 0 Å². The van der Waals surface area contributed by atoms with Gasteiger partial charge in [0.15, 0.2) is 0 Å². The van der Waals surface area contributed by atoms with Crippen molar-refractivity contribution in [2.75, 3.05) is 11.1 Å². The van der Waals surface area contributed by atoms with E-state index in [0.717, 1.165) is 18.2 Å². The minimum atomic E-state index is -0.597. The zero-order valence-electron chi connectivity index (χ0n) is 10.5. The molecule has 0 spiro atoms. The Morgan fingerprint density at radius 1 is 0.789 bits per heavy atom. The van der Waals surface area contributed by atoms with E-state index < -0.39 is 17.5 Å². The van der Waals surface area contributed by atoms with Crippen molar-refractivity contribution in [3.63, 3.8) is 0 Å². The molecule has 0 saturated heterocycles. The van der Waals surface area contributed by atoms with E-state index in [2.05, 4.69) is 5.32 Å². The highest BCUT2D eigenvalue weighted by Crippen LogP contribution is 2.28. The van der Waals surface area contributed by atoms with Crippen LogP contribution in [0, 0.1) is 31.3 Å². The van der Waals surface area contributed by atoms with Crippen molar-refractivity contribution < 1.29 is 13.2 Å². The highest BCUT2D eigenvalue weighted by Gasteiger charge is 2.10. The molecule has 19 heavy (non-hydrogen) atoms. The number of anilines is 3. The molecule has 2 nitrogen and oxygen atoms in total. The van der Waals surface area contributed by atoms with Crippen LogP contribution in [-0.4, -0.2) is 0 Å². The zero-order valence-corrected chi connectivity index (χ0v) is 10.5. The molecule has 2 aromatic rings. The van der Waals surface area contributed by atoms with E-state index in [1.54, 1.807) is 6.92 Å². The molecule has 0 aromatic heterocycles. The molecule has 0 unspecified atom stereocenters. The molecule has 0 aliphatic carbocycles. The zero-order chi connectivity index (χ0) is 14.2. The highest BCUT2D eigenvalue weighted by atomic mass is 19.1. The number of nitrogens with one attached hydrogen (secondary N) is 1. The van der Waals surface area contributed by atoms with Gasteiger partial charge in [0.25, 0.3) is 0 Å². The SMILES string of the molecule is Cc1cc(Nc2cc(F)c(C)cc2F)c(N)cc1F. The molecule has 0 bridgehead atoms. The molecule has 0 saturated carbocycles. The maximum absolute atomic E-state index is 13.7. The summed E-state index contributed by atoms with van der Waals surface area (Å²) in [6.07, 6.45) is 0. The summed E-state index contributed by atoms with van der Waals surface area (Å²) >= 11 is 0. The second-order valence-corrected chi connectivity index (χ2v) is 4.39. The second kappa shape index (κ2) is 4.84. The maximum atomic E-state index is 13.7. The second-order valence-electron chi connectivity index (χ2n) is 4.39. The third-order valence-corrected chi connectivity index (χ3v) is 2.85. The van der Waals surface area contributed by atoms with Gasteiger partial charge in [0.1, 0.15) is 17.5 Å². The van der Waals surface area contributed by atoms with Gasteiger partial charge in [0.05, 0.1) is 17.1 Å². The highest BCUT2D eigenvalue weighted by molar-refractivity contribution is 5.73. The van der Waals surface area contributed by atoms with Crippen LogP contribution in [0.2, 0.25) is 0 Å². The summed E-state index contributed by atoms with van der Waals surface area (Å²) in [7, 11) is 0. The van der Waals surface area contributed by atoms with E-state index in [0.29, 0.717) is 11.3 Å². The predicted molar refractivity (Wildman–Crippen MR) is 69.9 cm³/mol. The minimum absolute atomic E-state index is 0.0409. The number of aryl methyl sites for hydroxylation is 2. The number of benzene rings is 2. The van der Waals surface area contributed by atoms with Crippen molar-refractivity contribution in [2.24, 2.45) is 0 Å². The molecule has 100 valence electrons. The van der Waals surface area contributed by atoms with E-state index in [4.69, 9.17) is 5.73 Å². The Kier molecular flexibility index (Phi) is 3.38. The molecule has 3 N–H and O–H groups in total. The largest absolute Gasteiger partial charge is 0.397 e. The molecule has 0 aliphatic heterocycles. The van der Waals surface area contributed by atoms with Crippen LogP contribution >= 0.6 is 0 Å². The van der Waals surface area contributed by atoms with Gasteiger partial charge in [0.2, 0.25) is 0 Å². The average molecular weight is 266 g/mol. The summed E-state index contributed by atoms with van der Waals surface area (Å²) < 4.78 is 40.3. The first-order valence-electron chi connectivity index (χ1n) is 5.67. The molecule has 0 heterocycles. The van der Waals surface area contributed by atoms with Gasteiger partial charge in [-0.2, -0.15) is 0 Å². The van der Waals surface area contributed by atoms with Crippen molar-refractivity contribution in [3.05, 3.63) is 52.8 Å². The lowest BCUT2D eigenvalue weighted by atomic mass is 10.1. The van der Waals surface area contributed by atoms with Crippen LogP contribution in [0.4, 0.5) is 30.2 Å². The summed E-state index contributed by atoms with van der Waals surface area (Å²) in [6.45, 7) is 3.03. The molecular weight excluding hydrogens is 253 g/mol. The molecule has 0 fully saturated rings. The predicted octanol–water partition coefficient (Wildman–Crippen LogP) is 4.05. The lowest BCUT2D eigenvalue weighted by Crippen LogP contribution is -2.01. The van der Waals surface area contributed by atoms with Gasteiger partial charge < -0.3 is 11.1 Å². The molecule has 0 atom stereocenters. The van der Waals surface area contributed by atoms with E-state index in [1.165, 1.54) is 13.0 Å². The van der Waals surface area contributed by atoms with Crippen LogP contribution in [0.5, 0.6) is 0 Å². The first-order valence-corrected chi connectivity index (χ1v) is 5.67. The molecule has 0 radical (unpaired) electrons. The quantitative estimate of drug-likeness (QED) is 0.805. The van der Waals surface area contributed by atoms with Gasteiger partial charge >= 0.3 is 0 Å². The Balaban J connectivity index is 2.42. The number of hydrogen-bond donors (Lipinski definition) is 2. The van der Waals surface area contributed by atoms with Gasteiger partial charge in [-0.3, -0.25) is 0 Å². The minimum Gasteiger partial charge on any atom is -0.397 e. The van der Waals surface area contributed by atoms with Gasteiger partial charge in [-0.1, -0.05) is 0 Å². The summed E-state index contributed by atoms with van der Waals surface area (Å²) in [4.78, 5) is 0. The van der Waals surface area contributed by atoms with Gasteiger partial charge in [-0.15, -0.1) is 0 Å². The fourth-order valence-electron chi connectivity index (χ4n) is 1.69. The van der Waals surface area contributed by atoms with Crippen LogP contribution < -0.4 is 11.1 Å². The fourth-order valence-corrected chi connectivity index (χ4v) is 1.69. The normalized spacial score (nSPS) is 10.6. The molecule has 2 aromatic carbocycles. The molecule has 5 heteroatoms. The molecule has 2 rings (SSSR count). The maximum Gasteiger partial charge on any atom is 0.147 e. The smallest absolute Gasteiger partial charge is 0.147 e. The standard InChI is InChI=1S/C14H13F3N2/c1-7-3-11(17)13(6-10(7)16)19-14-4-8(2)9(15)5-12(14)18/h3-6,19H,18H2,1-2H3. The first kappa shape index (κ1) is 13.3. The average Bonchev–Trinajstić information content (AvgIpc) is 2.32. The summed E-state index contributed by atoms with van der Waals surface area (Å²) in [5.41, 5.74) is 6.64. The Morgan fingerprint density at radius 2 is 1.37 bits per heavy atom. The molecular formula is C14H13F3N2. The number of nitrogen functional groups attached to an aromatic ring is 1. The number of nitrogens with two attached hydrogens (primary N) is 1. The molecule has 0 amide bonds. The van der Waals surface area contributed by atoms with Crippen LogP contribution in [0.25, 0.3) is 0 Å². The van der Waals surface area contributed by atoms with Crippen molar-refractivity contribution >= 4 is 17.1 Å². The van der Waals surface area contributed by atoms with Crippen molar-refractivity contribution in [1.82, 2.24) is 0 Å². The van der Waals surface area contributed by atoms with Crippen molar-refractivity contribution in [3.8, 4) is 0 Å². The summed E-state index contributed by atoms with van der Waals surface area (Å²) in [5, 5.41) is 2.67. The monoisotopic (exact) mass is 266 g/mol. The van der Waals surface area contributed by atoms with E-state index in [9.17, 15) is 13.2 Å². The van der Waals surface area contributed by atoms with E-state index >= 15 is 0 Å².